The molecule has 0 aliphatic carbocycles. The first kappa shape index (κ1) is 11.7. The van der Waals surface area contributed by atoms with Gasteiger partial charge in [0.2, 0.25) is 0 Å². The number of carbonyl (C=O) groups excluding carboxylic acids is 1. The Morgan fingerprint density at radius 2 is 2.00 bits per heavy atom. The van der Waals surface area contributed by atoms with E-state index >= 15 is 0 Å². The maximum atomic E-state index is 11.9. The number of nitrogens with zero attached hydrogens (tertiary/aromatic N) is 2. The average molecular weight is 292 g/mol. The fraction of sp³-hybridized carbons (Fsp3) is 0.0833. The third-order valence-electron chi connectivity index (χ3n) is 2.19. The molecule has 4 nitrogen and oxygen atoms in total. The molecule has 0 unspecified atom stereocenters. The van der Waals surface area contributed by atoms with Crippen molar-refractivity contribution in [2.24, 2.45) is 0 Å². The van der Waals surface area contributed by atoms with Crippen molar-refractivity contribution in [1.29, 1.82) is 0 Å². The van der Waals surface area contributed by atoms with E-state index in [1.807, 2.05) is 25.1 Å². The Bertz CT molecular complexity index is 543. The van der Waals surface area contributed by atoms with E-state index in [4.69, 9.17) is 0 Å². The van der Waals surface area contributed by atoms with Crippen LogP contribution in [0.15, 0.2) is 41.4 Å². The van der Waals surface area contributed by atoms with Crippen LogP contribution in [0, 0.1) is 6.92 Å². The lowest BCUT2D eigenvalue weighted by Crippen LogP contribution is -2.12. The third-order valence-corrected chi connectivity index (χ3v) is 2.88. The van der Waals surface area contributed by atoms with Crippen LogP contribution in [0.1, 0.15) is 15.9 Å². The number of nitrogens with one attached hydrogen (secondary N) is 1. The second-order valence-corrected chi connectivity index (χ2v) is 4.42. The predicted molar refractivity (Wildman–Crippen MR) is 68.9 cm³/mol. The lowest BCUT2D eigenvalue weighted by atomic mass is 10.2. The quantitative estimate of drug-likeness (QED) is 0.926. The van der Waals surface area contributed by atoms with Crippen molar-refractivity contribution in [3.05, 3.63) is 52.5 Å². The predicted octanol–water partition coefficient (Wildman–Crippen LogP) is 2.80. The number of aromatic nitrogens is 2. The molecule has 1 aromatic carbocycles. The molecule has 2 rings (SSSR count). The Morgan fingerprint density at radius 3 is 2.71 bits per heavy atom. The van der Waals surface area contributed by atoms with Crippen molar-refractivity contribution in [3.8, 4) is 0 Å². The lowest BCUT2D eigenvalue weighted by Gasteiger charge is -2.07. The number of rotatable bonds is 2. The molecule has 1 heterocycles. The SMILES string of the molecule is Cc1ccc(Br)c(NC(=O)c2cncnc2)c1. The van der Waals surface area contributed by atoms with Crippen molar-refractivity contribution in [2.45, 2.75) is 6.92 Å². The highest BCUT2D eigenvalue weighted by Crippen LogP contribution is 2.23. The number of aryl methyl sites for hydroxylation is 1. The van der Waals surface area contributed by atoms with Crippen LogP contribution in [0.2, 0.25) is 0 Å². The lowest BCUT2D eigenvalue weighted by molar-refractivity contribution is 0.102. The summed E-state index contributed by atoms with van der Waals surface area (Å²) < 4.78 is 0.841. The Balaban J connectivity index is 2.22. The Morgan fingerprint density at radius 1 is 1.29 bits per heavy atom. The normalized spacial score (nSPS) is 10.0. The van der Waals surface area contributed by atoms with Crippen LogP contribution in [-0.2, 0) is 0 Å². The van der Waals surface area contributed by atoms with E-state index in [0.29, 0.717) is 5.56 Å². The van der Waals surface area contributed by atoms with E-state index in [2.05, 4.69) is 31.2 Å². The minimum Gasteiger partial charge on any atom is -0.321 e. The minimum absolute atomic E-state index is 0.225. The van der Waals surface area contributed by atoms with Crippen molar-refractivity contribution in [2.75, 3.05) is 5.32 Å². The molecule has 86 valence electrons. The summed E-state index contributed by atoms with van der Waals surface area (Å²) in [5.41, 5.74) is 2.24. The maximum absolute atomic E-state index is 11.9. The van der Waals surface area contributed by atoms with E-state index in [1.54, 1.807) is 0 Å². The molecule has 5 heteroatoms. The first-order valence-electron chi connectivity index (χ1n) is 4.99. The summed E-state index contributed by atoms with van der Waals surface area (Å²) in [6, 6.07) is 5.75. The average Bonchev–Trinajstić information content (AvgIpc) is 2.35. The van der Waals surface area contributed by atoms with Gasteiger partial charge in [-0.15, -0.1) is 0 Å². The molecule has 0 bridgehead atoms. The zero-order valence-corrected chi connectivity index (χ0v) is 10.7. The molecule has 0 fully saturated rings. The number of hydrogen-bond acceptors (Lipinski definition) is 3. The van der Waals surface area contributed by atoms with Crippen molar-refractivity contribution >= 4 is 27.5 Å². The van der Waals surface area contributed by atoms with E-state index in [0.717, 1.165) is 15.7 Å². The van der Waals surface area contributed by atoms with E-state index in [9.17, 15) is 4.79 Å². The molecule has 2 aromatic rings. The number of amides is 1. The smallest absolute Gasteiger partial charge is 0.258 e. The Labute approximate surface area is 107 Å². The number of benzene rings is 1. The second-order valence-electron chi connectivity index (χ2n) is 3.56. The Hall–Kier alpha value is -1.75. The molecule has 1 amide bonds. The molecule has 0 saturated carbocycles. The summed E-state index contributed by atoms with van der Waals surface area (Å²) in [5.74, 6) is -0.225. The number of hydrogen-bond donors (Lipinski definition) is 1. The molecule has 0 aliphatic rings. The summed E-state index contributed by atoms with van der Waals surface area (Å²) in [6.07, 6.45) is 4.34. The standard InChI is InChI=1S/C12H10BrN3O/c1-8-2-3-10(13)11(4-8)16-12(17)9-5-14-7-15-6-9/h2-7H,1H3,(H,16,17). The fourth-order valence-electron chi connectivity index (χ4n) is 1.35. The summed E-state index contributed by atoms with van der Waals surface area (Å²) in [5, 5.41) is 2.80. The minimum atomic E-state index is -0.225. The van der Waals surface area contributed by atoms with Gasteiger partial charge in [0.15, 0.2) is 0 Å². The number of carbonyl (C=O) groups is 1. The van der Waals surface area contributed by atoms with Gasteiger partial charge < -0.3 is 5.32 Å². The molecule has 1 N–H and O–H groups in total. The van der Waals surface area contributed by atoms with Crippen molar-refractivity contribution in [1.82, 2.24) is 9.97 Å². The molecular formula is C12H10BrN3O. The molecule has 0 radical (unpaired) electrons. The maximum Gasteiger partial charge on any atom is 0.258 e. The van der Waals surface area contributed by atoms with Gasteiger partial charge in [-0.3, -0.25) is 4.79 Å². The van der Waals surface area contributed by atoms with Crippen molar-refractivity contribution in [3.63, 3.8) is 0 Å². The zero-order chi connectivity index (χ0) is 12.3. The van der Waals surface area contributed by atoms with Gasteiger partial charge in [-0.05, 0) is 40.5 Å². The molecular weight excluding hydrogens is 282 g/mol. The second kappa shape index (κ2) is 5.05. The van der Waals surface area contributed by atoms with Gasteiger partial charge in [-0.2, -0.15) is 0 Å². The summed E-state index contributed by atoms with van der Waals surface area (Å²) in [7, 11) is 0. The van der Waals surface area contributed by atoms with Gasteiger partial charge in [-0.1, -0.05) is 6.07 Å². The van der Waals surface area contributed by atoms with E-state index < -0.39 is 0 Å². The van der Waals surface area contributed by atoms with Gasteiger partial charge in [0.05, 0.1) is 11.3 Å². The van der Waals surface area contributed by atoms with E-state index in [-0.39, 0.29) is 5.91 Å². The summed E-state index contributed by atoms with van der Waals surface area (Å²) in [6.45, 7) is 1.97. The largest absolute Gasteiger partial charge is 0.321 e. The summed E-state index contributed by atoms with van der Waals surface area (Å²) in [4.78, 5) is 19.5. The first-order chi connectivity index (χ1) is 8.16. The van der Waals surface area contributed by atoms with Crippen LogP contribution in [0.25, 0.3) is 0 Å². The highest BCUT2D eigenvalue weighted by atomic mass is 79.9. The highest BCUT2D eigenvalue weighted by Gasteiger charge is 2.08. The molecule has 0 saturated heterocycles. The molecule has 1 aromatic heterocycles. The van der Waals surface area contributed by atoms with Crippen molar-refractivity contribution < 1.29 is 4.79 Å². The van der Waals surface area contributed by atoms with Crippen LogP contribution in [0.4, 0.5) is 5.69 Å². The van der Waals surface area contributed by atoms with E-state index in [1.165, 1.54) is 18.7 Å². The van der Waals surface area contributed by atoms with Crippen LogP contribution in [0.5, 0.6) is 0 Å². The topological polar surface area (TPSA) is 54.9 Å². The highest BCUT2D eigenvalue weighted by molar-refractivity contribution is 9.10. The van der Waals surface area contributed by atoms with Gasteiger partial charge in [-0.25, -0.2) is 9.97 Å². The van der Waals surface area contributed by atoms with Gasteiger partial charge in [0.1, 0.15) is 6.33 Å². The molecule has 0 aliphatic heterocycles. The summed E-state index contributed by atoms with van der Waals surface area (Å²) >= 11 is 3.39. The third kappa shape index (κ3) is 2.88. The van der Waals surface area contributed by atoms with Crippen LogP contribution in [0.3, 0.4) is 0 Å². The van der Waals surface area contributed by atoms with Gasteiger partial charge >= 0.3 is 0 Å². The molecule has 0 atom stereocenters. The Kier molecular flexibility index (Phi) is 3.49. The first-order valence-corrected chi connectivity index (χ1v) is 5.78. The number of anilines is 1. The van der Waals surface area contributed by atoms with Gasteiger partial charge in [0, 0.05) is 16.9 Å². The van der Waals surface area contributed by atoms with Gasteiger partial charge in [0.25, 0.3) is 5.91 Å². The van der Waals surface area contributed by atoms with Crippen LogP contribution < -0.4 is 5.32 Å². The van der Waals surface area contributed by atoms with Crippen LogP contribution >= 0.6 is 15.9 Å². The number of halogens is 1. The fourth-order valence-corrected chi connectivity index (χ4v) is 1.69. The molecule has 17 heavy (non-hydrogen) atoms. The molecule has 0 spiro atoms. The monoisotopic (exact) mass is 291 g/mol. The zero-order valence-electron chi connectivity index (χ0n) is 9.14. The van der Waals surface area contributed by atoms with Crippen LogP contribution in [-0.4, -0.2) is 15.9 Å².